The molecule has 0 spiro atoms. The van der Waals surface area contributed by atoms with E-state index >= 15 is 0 Å². The van der Waals surface area contributed by atoms with Gasteiger partial charge in [-0.1, -0.05) is 4.67 Å². The zero-order valence-corrected chi connectivity index (χ0v) is 3.91. The van der Waals surface area contributed by atoms with Crippen molar-refractivity contribution < 1.29 is 0 Å². The zero-order chi connectivity index (χ0) is 5.54. The van der Waals surface area contributed by atoms with Crippen molar-refractivity contribution in [1.29, 1.82) is 0 Å². The fraction of sp³-hybridized carbons (Fsp3) is 0. The van der Waals surface area contributed by atoms with E-state index < -0.39 is 0 Å². The largest absolute Gasteiger partial charge is 0.404 e. The van der Waals surface area contributed by atoms with Gasteiger partial charge < -0.3 is 0 Å². The Balaban J connectivity index is 3.61. The average Bonchev–Trinajstić information content (AvgIpc) is 1.69. The molecule has 0 heterocycles. The van der Waals surface area contributed by atoms with Gasteiger partial charge in [-0.2, -0.15) is 6.08 Å². The Morgan fingerprint density at radius 2 is 2.14 bits per heavy atom. The van der Waals surface area contributed by atoms with E-state index in [1.165, 1.54) is 24.6 Å². The molecular formula is C6H6N+. The van der Waals surface area contributed by atoms with Crippen molar-refractivity contribution >= 4 is 12.4 Å². The van der Waals surface area contributed by atoms with Gasteiger partial charge in [-0.25, -0.2) is 0 Å². The van der Waals surface area contributed by atoms with Crippen LogP contribution in [-0.2, 0) is 0 Å². The van der Waals surface area contributed by atoms with E-state index in [-0.39, 0.29) is 0 Å². The van der Waals surface area contributed by atoms with Gasteiger partial charge in [0.2, 0.25) is 6.08 Å². The van der Waals surface area contributed by atoms with E-state index in [1.54, 1.807) is 0 Å². The van der Waals surface area contributed by atoms with Crippen molar-refractivity contribution in [2.45, 2.75) is 0 Å². The van der Waals surface area contributed by atoms with Gasteiger partial charge in [0.1, 0.15) is 0 Å². The fourth-order valence-corrected chi connectivity index (χ4v) is 0.149. The highest BCUT2D eigenvalue weighted by Gasteiger charge is 1.69. The molecule has 34 valence electrons. The third-order valence-electron chi connectivity index (χ3n) is 0.344. The van der Waals surface area contributed by atoms with E-state index in [4.69, 9.17) is 13.2 Å². The molecule has 0 aliphatic heterocycles. The molecule has 0 aliphatic carbocycles. The van der Waals surface area contributed by atoms with Gasteiger partial charge >= 0.3 is 6.21 Å². The summed E-state index contributed by atoms with van der Waals surface area (Å²) in [6.07, 6.45) is 5.56. The minimum atomic E-state index is 1.33. The lowest BCUT2D eigenvalue weighted by Crippen LogP contribution is -1.71. The molecule has 0 aromatic rings. The second kappa shape index (κ2) is 4.84. The van der Waals surface area contributed by atoms with Crippen molar-refractivity contribution in [3.8, 4) is 0 Å². The Labute approximate surface area is 43.4 Å². The Morgan fingerprint density at radius 3 is 2.57 bits per heavy atom. The van der Waals surface area contributed by atoms with E-state index in [0.717, 1.165) is 0 Å². The van der Waals surface area contributed by atoms with Crippen molar-refractivity contribution in [3.63, 3.8) is 0 Å². The molecule has 0 aliphatic rings. The van der Waals surface area contributed by atoms with Gasteiger partial charge in [0.25, 0.3) is 0 Å². The molecule has 0 aromatic carbocycles. The van der Waals surface area contributed by atoms with Crippen LogP contribution >= 0.6 is 0 Å². The third kappa shape index (κ3) is 4.84. The molecule has 0 saturated heterocycles. The maximum Gasteiger partial charge on any atom is 0.404 e. The Hall–Kier alpha value is -1.16. The normalized spacial score (nSPS) is 5.57. The van der Waals surface area contributed by atoms with Crippen molar-refractivity contribution in [2.24, 2.45) is 0 Å². The summed E-state index contributed by atoms with van der Waals surface area (Å²) in [6, 6.07) is 0. The molecule has 0 unspecified atom stereocenters. The van der Waals surface area contributed by atoms with Crippen LogP contribution in [0.2, 0.25) is 0 Å². The highest BCUT2D eigenvalue weighted by molar-refractivity contribution is 5.77. The molecule has 0 aromatic heterocycles. The predicted octanol–water partition coefficient (Wildman–Crippen LogP) is 0.174. The van der Waals surface area contributed by atoms with Crippen molar-refractivity contribution in [2.75, 3.05) is 0 Å². The summed E-state index contributed by atoms with van der Waals surface area (Å²) in [5.74, 6) is 0. The molecule has 0 bridgehead atoms. The Kier molecular flexibility index (Phi) is 4.04. The number of nitrogens with zero attached hydrogens (tertiary/aromatic N) is 1. The topological polar surface area (TPSA) is 14.1 Å². The summed E-state index contributed by atoms with van der Waals surface area (Å²) in [4.78, 5) is 0. The molecule has 1 nitrogen and oxygen atoms in total. The van der Waals surface area contributed by atoms with Crippen LogP contribution in [0.25, 0.3) is 0 Å². The van der Waals surface area contributed by atoms with Crippen LogP contribution in [0.15, 0.2) is 12.2 Å². The van der Waals surface area contributed by atoms with Crippen LogP contribution in [0.1, 0.15) is 0 Å². The molecule has 7 heavy (non-hydrogen) atoms. The molecule has 1 heteroatoms. The first-order valence-electron chi connectivity index (χ1n) is 1.85. The standard InChI is InChI=1S/C6H6N/c1-3-5-7-6-4-2/h1-6H/q+1. The lowest BCUT2D eigenvalue weighted by molar-refractivity contribution is 1.74. The van der Waals surface area contributed by atoms with Crippen LogP contribution in [-0.4, -0.2) is 12.4 Å². The number of hydrogen-bond acceptors (Lipinski definition) is 0. The monoisotopic (exact) mass is 92.0 g/mol. The maximum absolute atomic E-state index is 4.92. The molecule has 0 rings (SSSR count). The van der Waals surface area contributed by atoms with Gasteiger partial charge in [0.15, 0.2) is 6.21 Å². The van der Waals surface area contributed by atoms with Gasteiger partial charge in [-0.05, 0) is 0 Å². The van der Waals surface area contributed by atoms with Gasteiger partial charge in [0.05, 0.1) is 6.58 Å². The number of rotatable bonds is 2. The van der Waals surface area contributed by atoms with E-state index in [1.807, 2.05) is 0 Å². The van der Waals surface area contributed by atoms with E-state index in [2.05, 4.69) is 4.67 Å². The molecule has 0 radical (unpaired) electrons. The quantitative estimate of drug-likeness (QED) is 0.262. The van der Waals surface area contributed by atoms with Gasteiger partial charge in [0, 0.05) is 0 Å². The number of allylic oxidation sites excluding steroid dienone is 2. The fourth-order valence-electron chi connectivity index (χ4n) is 0.149. The van der Waals surface area contributed by atoms with Gasteiger partial charge in [-0.15, -0.1) is 0 Å². The smallest absolute Gasteiger partial charge is 0.286 e. The van der Waals surface area contributed by atoms with E-state index in [0.29, 0.717) is 0 Å². The first-order valence-corrected chi connectivity index (χ1v) is 1.85. The van der Waals surface area contributed by atoms with Crippen molar-refractivity contribution in [3.05, 3.63) is 25.3 Å². The first kappa shape index (κ1) is 5.84. The van der Waals surface area contributed by atoms with Crippen LogP contribution < -0.4 is 4.67 Å². The molecule has 0 saturated carbocycles. The van der Waals surface area contributed by atoms with Crippen LogP contribution in [0.4, 0.5) is 0 Å². The second-order valence-corrected chi connectivity index (χ2v) is 0.832. The minimum Gasteiger partial charge on any atom is -0.286 e. The summed E-state index contributed by atoms with van der Waals surface area (Å²) in [7, 11) is 0. The number of hydrogen-bond donors (Lipinski definition) is 0. The van der Waals surface area contributed by atoms with Gasteiger partial charge in [-0.3, -0.25) is 6.58 Å². The average molecular weight is 92.1 g/mol. The second-order valence-electron chi connectivity index (χ2n) is 0.832. The summed E-state index contributed by atoms with van der Waals surface area (Å²) < 4.78 is 3.60. The SMILES string of the molecule is [CH+]=CC=[N+]=CC=[CH-]. The highest BCUT2D eigenvalue weighted by atomic mass is 14.5. The van der Waals surface area contributed by atoms with Crippen molar-refractivity contribution in [1.82, 2.24) is 4.67 Å². The lowest BCUT2D eigenvalue weighted by atomic mass is 10.7. The molecule has 0 amide bonds. The van der Waals surface area contributed by atoms with Crippen LogP contribution in [0.3, 0.4) is 0 Å². The molecular weight excluding hydrogens is 86.1 g/mol. The van der Waals surface area contributed by atoms with E-state index in [9.17, 15) is 0 Å². The zero-order valence-electron chi connectivity index (χ0n) is 3.91. The third-order valence-corrected chi connectivity index (χ3v) is 0.344. The molecule has 0 N–H and O–H groups in total. The lowest BCUT2D eigenvalue weighted by Gasteiger charge is -1.47. The maximum atomic E-state index is 4.92. The summed E-state index contributed by atoms with van der Waals surface area (Å²) in [6.45, 7) is 9.84. The molecule has 0 fully saturated rings. The Bertz CT molecular complexity index is 104. The minimum absolute atomic E-state index is 1.33. The first-order chi connectivity index (χ1) is 3.41. The molecule has 0 atom stereocenters. The van der Waals surface area contributed by atoms with Crippen LogP contribution in [0.5, 0.6) is 0 Å². The predicted molar refractivity (Wildman–Crippen MR) is 32.0 cm³/mol. The summed E-state index contributed by atoms with van der Waals surface area (Å²) >= 11 is 0. The summed E-state index contributed by atoms with van der Waals surface area (Å²) in [5, 5.41) is 0. The highest BCUT2D eigenvalue weighted by Crippen LogP contribution is 1.41. The Morgan fingerprint density at radius 1 is 1.43 bits per heavy atom. The van der Waals surface area contributed by atoms with Crippen LogP contribution in [0, 0.1) is 13.2 Å². The summed E-state index contributed by atoms with van der Waals surface area (Å²) in [5.41, 5.74) is 0.